The summed E-state index contributed by atoms with van der Waals surface area (Å²) >= 11 is 1.59. The van der Waals surface area contributed by atoms with E-state index in [-0.39, 0.29) is 12.4 Å². The normalized spacial score (nSPS) is 19.5. The lowest BCUT2D eigenvalue weighted by Gasteiger charge is -2.23. The van der Waals surface area contributed by atoms with Gasteiger partial charge in [-0.15, -0.1) is 23.7 Å². The van der Waals surface area contributed by atoms with Gasteiger partial charge < -0.3 is 10.3 Å². The highest BCUT2D eigenvalue weighted by molar-refractivity contribution is 7.15. The monoisotopic (exact) mass is 299 g/mol. The average Bonchev–Trinajstić information content (AvgIpc) is 3.05. The molecule has 7 heteroatoms. The lowest BCUT2D eigenvalue weighted by molar-refractivity contribution is 0.226. The highest BCUT2D eigenvalue weighted by atomic mass is 35.5. The summed E-state index contributed by atoms with van der Waals surface area (Å²) in [7, 11) is 0. The third-order valence-electron chi connectivity index (χ3n) is 3.41. The summed E-state index contributed by atoms with van der Waals surface area (Å²) in [6, 6.07) is 0.600. The molecule has 3 heterocycles. The van der Waals surface area contributed by atoms with Crippen LogP contribution in [0.3, 0.4) is 0 Å². The van der Waals surface area contributed by atoms with E-state index in [9.17, 15) is 0 Å². The Labute approximate surface area is 122 Å². The van der Waals surface area contributed by atoms with Crippen molar-refractivity contribution in [2.45, 2.75) is 32.0 Å². The van der Waals surface area contributed by atoms with Crippen LogP contribution in [0.25, 0.3) is 0 Å². The molecule has 2 aromatic heterocycles. The van der Waals surface area contributed by atoms with Gasteiger partial charge in [0.25, 0.3) is 0 Å². The first kappa shape index (κ1) is 14.3. The molecule has 1 atom stereocenters. The Kier molecular flexibility index (Phi) is 4.79. The predicted molar refractivity (Wildman–Crippen MR) is 79.4 cm³/mol. The molecule has 1 aliphatic heterocycles. The Morgan fingerprint density at radius 3 is 3.05 bits per heavy atom. The van der Waals surface area contributed by atoms with Crippen molar-refractivity contribution in [1.29, 1.82) is 0 Å². The molecular weight excluding hydrogens is 282 g/mol. The number of thiazole rings is 1. The lowest BCUT2D eigenvalue weighted by Crippen LogP contribution is -2.31. The van der Waals surface area contributed by atoms with Crippen LogP contribution in [0, 0.1) is 0 Å². The number of halogens is 1. The topological polar surface area (TPSA) is 60.0 Å². The smallest absolute Gasteiger partial charge is 0.180 e. The molecule has 1 fully saturated rings. The molecule has 104 valence electrons. The van der Waals surface area contributed by atoms with E-state index in [2.05, 4.69) is 19.4 Å². The Balaban J connectivity index is 0.00000133. The van der Waals surface area contributed by atoms with Crippen molar-refractivity contribution in [3.63, 3.8) is 0 Å². The first-order chi connectivity index (χ1) is 8.81. The van der Waals surface area contributed by atoms with E-state index >= 15 is 0 Å². The van der Waals surface area contributed by atoms with E-state index in [0.29, 0.717) is 11.2 Å². The van der Waals surface area contributed by atoms with Crippen molar-refractivity contribution in [3.05, 3.63) is 29.8 Å². The van der Waals surface area contributed by atoms with Crippen LogP contribution in [-0.4, -0.2) is 32.0 Å². The minimum atomic E-state index is 0. The van der Waals surface area contributed by atoms with E-state index in [1.807, 2.05) is 24.9 Å². The van der Waals surface area contributed by atoms with Crippen LogP contribution in [0.2, 0.25) is 0 Å². The fourth-order valence-corrected chi connectivity index (χ4v) is 3.25. The highest BCUT2D eigenvalue weighted by Gasteiger charge is 2.25. The number of imidazole rings is 1. The third kappa shape index (κ3) is 3.46. The van der Waals surface area contributed by atoms with Crippen LogP contribution >= 0.6 is 23.7 Å². The van der Waals surface area contributed by atoms with Crippen LogP contribution in [0.15, 0.2) is 24.9 Å². The number of aromatic nitrogens is 3. The lowest BCUT2D eigenvalue weighted by atomic mass is 10.2. The average molecular weight is 300 g/mol. The first-order valence-electron chi connectivity index (χ1n) is 6.21. The number of anilines is 1. The van der Waals surface area contributed by atoms with Gasteiger partial charge in [-0.3, -0.25) is 4.90 Å². The SMILES string of the molecule is Cl.Nc1ncc(CN2CCCC2Cn2ccnc2)s1. The second-order valence-electron chi connectivity index (χ2n) is 4.69. The second kappa shape index (κ2) is 6.36. The maximum Gasteiger partial charge on any atom is 0.180 e. The fraction of sp³-hybridized carbons (Fsp3) is 0.500. The summed E-state index contributed by atoms with van der Waals surface area (Å²) < 4.78 is 2.16. The number of nitrogens with two attached hydrogens (primary N) is 1. The molecule has 19 heavy (non-hydrogen) atoms. The van der Waals surface area contributed by atoms with Gasteiger partial charge >= 0.3 is 0 Å². The summed E-state index contributed by atoms with van der Waals surface area (Å²) in [6.45, 7) is 3.15. The number of nitrogen functional groups attached to an aromatic ring is 1. The van der Waals surface area contributed by atoms with E-state index in [1.54, 1.807) is 11.3 Å². The summed E-state index contributed by atoms with van der Waals surface area (Å²) in [5, 5.41) is 0.662. The molecule has 1 aliphatic rings. The largest absolute Gasteiger partial charge is 0.375 e. The molecule has 2 aromatic rings. The molecule has 0 saturated carbocycles. The zero-order valence-corrected chi connectivity index (χ0v) is 12.2. The van der Waals surface area contributed by atoms with E-state index in [4.69, 9.17) is 5.73 Å². The molecule has 1 saturated heterocycles. The molecule has 0 aromatic carbocycles. The zero-order valence-electron chi connectivity index (χ0n) is 10.6. The van der Waals surface area contributed by atoms with Gasteiger partial charge in [-0.25, -0.2) is 9.97 Å². The van der Waals surface area contributed by atoms with Gasteiger partial charge in [0.15, 0.2) is 5.13 Å². The molecule has 0 bridgehead atoms. The van der Waals surface area contributed by atoms with Crippen molar-refractivity contribution >= 4 is 28.9 Å². The molecule has 2 N–H and O–H groups in total. The predicted octanol–water partition coefficient (Wildman–Crippen LogP) is 2.01. The number of nitrogens with zero attached hydrogens (tertiary/aromatic N) is 4. The van der Waals surface area contributed by atoms with Gasteiger partial charge in [0.1, 0.15) is 0 Å². The van der Waals surface area contributed by atoms with E-state index in [0.717, 1.165) is 19.6 Å². The number of likely N-dealkylation sites (tertiary alicyclic amines) is 1. The Hall–Kier alpha value is -1.11. The van der Waals surface area contributed by atoms with Crippen molar-refractivity contribution < 1.29 is 0 Å². The summed E-state index contributed by atoms with van der Waals surface area (Å²) in [5.74, 6) is 0. The quantitative estimate of drug-likeness (QED) is 0.938. The maximum atomic E-state index is 5.67. The van der Waals surface area contributed by atoms with Gasteiger partial charge in [-0.05, 0) is 19.4 Å². The standard InChI is InChI=1S/C12H17N5S.ClH/c13-12-15-6-11(18-12)8-17-4-1-2-10(17)7-16-5-3-14-9-16;/h3,5-6,9-10H,1-2,4,7-8H2,(H2,13,15);1H. The van der Waals surface area contributed by atoms with Crippen LogP contribution in [0.4, 0.5) is 5.13 Å². The van der Waals surface area contributed by atoms with Crippen LogP contribution in [-0.2, 0) is 13.1 Å². The molecule has 1 unspecified atom stereocenters. The summed E-state index contributed by atoms with van der Waals surface area (Å²) in [4.78, 5) is 12.0. The highest BCUT2D eigenvalue weighted by Crippen LogP contribution is 2.24. The van der Waals surface area contributed by atoms with Crippen LogP contribution in [0.1, 0.15) is 17.7 Å². The molecule has 0 radical (unpaired) electrons. The molecule has 3 rings (SSSR count). The van der Waals surface area contributed by atoms with Gasteiger partial charge in [-0.2, -0.15) is 0 Å². The summed E-state index contributed by atoms with van der Waals surface area (Å²) in [5.41, 5.74) is 5.67. The minimum Gasteiger partial charge on any atom is -0.375 e. The van der Waals surface area contributed by atoms with Crippen molar-refractivity contribution in [2.24, 2.45) is 0 Å². The Morgan fingerprint density at radius 1 is 1.47 bits per heavy atom. The number of hydrogen-bond acceptors (Lipinski definition) is 5. The Bertz CT molecular complexity index is 498. The van der Waals surface area contributed by atoms with E-state index in [1.165, 1.54) is 17.7 Å². The number of rotatable bonds is 4. The first-order valence-corrected chi connectivity index (χ1v) is 7.03. The minimum absolute atomic E-state index is 0. The zero-order chi connectivity index (χ0) is 12.4. The van der Waals surface area contributed by atoms with Crippen molar-refractivity contribution in [1.82, 2.24) is 19.4 Å². The molecule has 0 amide bonds. The second-order valence-corrected chi connectivity index (χ2v) is 5.84. The molecule has 5 nitrogen and oxygen atoms in total. The van der Waals surface area contributed by atoms with Crippen LogP contribution < -0.4 is 5.73 Å². The van der Waals surface area contributed by atoms with Crippen molar-refractivity contribution in [2.75, 3.05) is 12.3 Å². The van der Waals surface area contributed by atoms with Gasteiger partial charge in [0.05, 0.1) is 6.33 Å². The van der Waals surface area contributed by atoms with Gasteiger partial charge in [0.2, 0.25) is 0 Å². The number of hydrogen-bond donors (Lipinski definition) is 1. The third-order valence-corrected chi connectivity index (χ3v) is 4.22. The van der Waals surface area contributed by atoms with E-state index < -0.39 is 0 Å². The van der Waals surface area contributed by atoms with Crippen molar-refractivity contribution in [3.8, 4) is 0 Å². The molecule has 0 spiro atoms. The van der Waals surface area contributed by atoms with Crippen LogP contribution in [0.5, 0.6) is 0 Å². The molecule has 0 aliphatic carbocycles. The Morgan fingerprint density at radius 2 is 2.37 bits per heavy atom. The van der Waals surface area contributed by atoms with Gasteiger partial charge in [0, 0.05) is 42.6 Å². The summed E-state index contributed by atoms with van der Waals surface area (Å²) in [6.07, 6.45) is 10.2. The fourth-order valence-electron chi connectivity index (χ4n) is 2.54. The maximum absolute atomic E-state index is 5.67. The molecular formula is C12H18ClN5S. The van der Waals surface area contributed by atoms with Gasteiger partial charge in [-0.1, -0.05) is 0 Å².